The Balaban J connectivity index is 1.64. The van der Waals surface area contributed by atoms with Crippen LogP contribution in [0.3, 0.4) is 0 Å². The van der Waals surface area contributed by atoms with Gasteiger partial charge in [-0.2, -0.15) is 0 Å². The zero-order valence-corrected chi connectivity index (χ0v) is 12.8. The molecule has 2 aromatic carbocycles. The lowest BCUT2D eigenvalue weighted by molar-refractivity contribution is -0.115. The van der Waals surface area contributed by atoms with Crippen molar-refractivity contribution in [1.29, 1.82) is 0 Å². The van der Waals surface area contributed by atoms with E-state index in [2.05, 4.69) is 51.9 Å². The summed E-state index contributed by atoms with van der Waals surface area (Å²) in [7, 11) is 1.76. The summed E-state index contributed by atoms with van der Waals surface area (Å²) in [5.74, 6) is -0.0243. The smallest absolute Gasteiger partial charge is 0.238 e. The van der Waals surface area contributed by atoms with Crippen molar-refractivity contribution >= 4 is 17.3 Å². The van der Waals surface area contributed by atoms with Gasteiger partial charge < -0.3 is 15.5 Å². The van der Waals surface area contributed by atoms with Gasteiger partial charge in [-0.3, -0.25) is 4.79 Å². The lowest BCUT2D eigenvalue weighted by Gasteiger charge is -2.19. The molecule has 22 heavy (non-hydrogen) atoms. The number of rotatable bonds is 5. The molecular formula is C18H21N3O. The predicted molar refractivity (Wildman–Crippen MR) is 90.2 cm³/mol. The molecule has 4 heteroatoms. The number of hydrogen-bond acceptors (Lipinski definition) is 3. The molecule has 2 aromatic rings. The standard InChI is InChI=1S/C18H21N3O/c1-19-12-18(22)20-16-8-6-14(7-9-16)13-21-11-10-15-4-2-3-5-17(15)21/h2-9,19H,10-13H2,1H3,(H,20,22). The Morgan fingerprint density at radius 2 is 1.91 bits per heavy atom. The van der Waals surface area contributed by atoms with Crippen molar-refractivity contribution in [2.75, 3.05) is 30.4 Å². The number of nitrogens with zero attached hydrogens (tertiary/aromatic N) is 1. The Labute approximate surface area is 131 Å². The van der Waals surface area contributed by atoms with E-state index in [4.69, 9.17) is 0 Å². The van der Waals surface area contributed by atoms with Crippen LogP contribution in [0.2, 0.25) is 0 Å². The molecule has 0 fully saturated rings. The SMILES string of the molecule is CNCC(=O)Nc1ccc(CN2CCc3ccccc32)cc1. The molecule has 1 aliphatic heterocycles. The van der Waals surface area contributed by atoms with E-state index < -0.39 is 0 Å². The number of anilines is 2. The molecule has 0 unspecified atom stereocenters. The Bertz CT molecular complexity index is 652. The molecule has 0 saturated heterocycles. The maximum Gasteiger partial charge on any atom is 0.238 e. The van der Waals surface area contributed by atoms with Gasteiger partial charge in [-0.1, -0.05) is 30.3 Å². The summed E-state index contributed by atoms with van der Waals surface area (Å²) >= 11 is 0. The fourth-order valence-electron chi connectivity index (χ4n) is 2.85. The average Bonchev–Trinajstić information content (AvgIpc) is 2.93. The maximum absolute atomic E-state index is 11.5. The summed E-state index contributed by atoms with van der Waals surface area (Å²) in [6, 6.07) is 16.7. The number of amides is 1. The van der Waals surface area contributed by atoms with Crippen molar-refractivity contribution in [2.24, 2.45) is 0 Å². The van der Waals surface area contributed by atoms with E-state index in [1.807, 2.05) is 12.1 Å². The Kier molecular flexibility index (Phi) is 4.39. The first-order valence-electron chi connectivity index (χ1n) is 7.62. The largest absolute Gasteiger partial charge is 0.367 e. The van der Waals surface area contributed by atoms with Crippen LogP contribution < -0.4 is 15.5 Å². The van der Waals surface area contributed by atoms with Gasteiger partial charge in [-0.15, -0.1) is 0 Å². The summed E-state index contributed by atoms with van der Waals surface area (Å²) in [5.41, 5.74) is 4.86. The van der Waals surface area contributed by atoms with E-state index in [0.29, 0.717) is 6.54 Å². The Morgan fingerprint density at radius 3 is 2.68 bits per heavy atom. The number of benzene rings is 2. The predicted octanol–water partition coefficient (Wildman–Crippen LogP) is 2.41. The normalized spacial score (nSPS) is 13.0. The molecule has 4 nitrogen and oxygen atoms in total. The summed E-state index contributed by atoms with van der Waals surface area (Å²) < 4.78 is 0. The van der Waals surface area contributed by atoms with Crippen molar-refractivity contribution in [2.45, 2.75) is 13.0 Å². The van der Waals surface area contributed by atoms with E-state index in [0.717, 1.165) is 25.2 Å². The highest BCUT2D eigenvalue weighted by molar-refractivity contribution is 5.92. The first-order valence-corrected chi connectivity index (χ1v) is 7.62. The Morgan fingerprint density at radius 1 is 1.14 bits per heavy atom. The summed E-state index contributed by atoms with van der Waals surface area (Å²) in [4.78, 5) is 13.9. The van der Waals surface area contributed by atoms with Crippen LogP contribution in [-0.2, 0) is 17.8 Å². The maximum atomic E-state index is 11.5. The molecule has 0 aliphatic carbocycles. The fraction of sp³-hybridized carbons (Fsp3) is 0.278. The minimum atomic E-state index is -0.0243. The number of likely N-dealkylation sites (N-methyl/N-ethyl adjacent to an activating group) is 1. The molecule has 0 saturated carbocycles. The zero-order valence-electron chi connectivity index (χ0n) is 12.8. The third-order valence-corrected chi connectivity index (χ3v) is 3.93. The quantitative estimate of drug-likeness (QED) is 0.890. The van der Waals surface area contributed by atoms with Crippen LogP contribution in [0.25, 0.3) is 0 Å². The number of nitrogens with one attached hydrogen (secondary N) is 2. The van der Waals surface area contributed by atoms with Crippen molar-refractivity contribution < 1.29 is 4.79 Å². The molecular weight excluding hydrogens is 274 g/mol. The highest BCUT2D eigenvalue weighted by atomic mass is 16.1. The number of hydrogen-bond donors (Lipinski definition) is 2. The molecule has 0 aromatic heterocycles. The van der Waals surface area contributed by atoms with Gasteiger partial charge in [0.25, 0.3) is 0 Å². The van der Waals surface area contributed by atoms with Gasteiger partial charge in [-0.25, -0.2) is 0 Å². The van der Waals surface area contributed by atoms with Gasteiger partial charge in [-0.05, 0) is 42.8 Å². The number of fused-ring (bicyclic) bond motifs is 1. The number of carbonyl (C=O) groups excluding carboxylic acids is 1. The minimum Gasteiger partial charge on any atom is -0.367 e. The monoisotopic (exact) mass is 295 g/mol. The second-order valence-electron chi connectivity index (χ2n) is 5.58. The van der Waals surface area contributed by atoms with E-state index in [1.165, 1.54) is 16.8 Å². The highest BCUT2D eigenvalue weighted by Gasteiger charge is 2.18. The fourth-order valence-corrected chi connectivity index (χ4v) is 2.85. The number of carbonyl (C=O) groups is 1. The average molecular weight is 295 g/mol. The summed E-state index contributed by atoms with van der Waals surface area (Å²) in [6.07, 6.45) is 1.12. The molecule has 1 aliphatic rings. The van der Waals surface area contributed by atoms with Gasteiger partial charge in [0.05, 0.1) is 6.54 Å². The van der Waals surface area contributed by atoms with Crippen LogP contribution in [-0.4, -0.2) is 26.0 Å². The van der Waals surface area contributed by atoms with Gasteiger partial charge in [0.15, 0.2) is 0 Å². The van der Waals surface area contributed by atoms with Crippen molar-refractivity contribution in [1.82, 2.24) is 5.32 Å². The van der Waals surface area contributed by atoms with Crippen LogP contribution in [0.15, 0.2) is 48.5 Å². The van der Waals surface area contributed by atoms with Crippen LogP contribution in [0.4, 0.5) is 11.4 Å². The van der Waals surface area contributed by atoms with E-state index in [9.17, 15) is 4.79 Å². The van der Waals surface area contributed by atoms with E-state index in [1.54, 1.807) is 7.05 Å². The molecule has 3 rings (SSSR count). The number of para-hydroxylation sites is 1. The van der Waals surface area contributed by atoms with Crippen molar-refractivity contribution in [3.63, 3.8) is 0 Å². The third kappa shape index (κ3) is 3.28. The first kappa shape index (κ1) is 14.6. The van der Waals surface area contributed by atoms with Crippen LogP contribution in [0.5, 0.6) is 0 Å². The lowest BCUT2D eigenvalue weighted by atomic mass is 10.1. The highest BCUT2D eigenvalue weighted by Crippen LogP contribution is 2.28. The minimum absolute atomic E-state index is 0.0243. The van der Waals surface area contributed by atoms with Crippen LogP contribution in [0, 0.1) is 0 Å². The molecule has 0 bridgehead atoms. The molecule has 1 heterocycles. The van der Waals surface area contributed by atoms with Gasteiger partial charge in [0, 0.05) is 24.5 Å². The van der Waals surface area contributed by atoms with Gasteiger partial charge in [0.1, 0.15) is 0 Å². The molecule has 0 radical (unpaired) electrons. The van der Waals surface area contributed by atoms with E-state index in [-0.39, 0.29) is 5.91 Å². The topological polar surface area (TPSA) is 44.4 Å². The zero-order chi connectivity index (χ0) is 15.4. The van der Waals surface area contributed by atoms with Crippen molar-refractivity contribution in [3.8, 4) is 0 Å². The molecule has 0 spiro atoms. The second kappa shape index (κ2) is 6.62. The van der Waals surface area contributed by atoms with E-state index >= 15 is 0 Å². The first-order chi connectivity index (χ1) is 10.8. The lowest BCUT2D eigenvalue weighted by Crippen LogP contribution is -2.25. The van der Waals surface area contributed by atoms with Crippen molar-refractivity contribution in [3.05, 3.63) is 59.7 Å². The summed E-state index contributed by atoms with van der Waals surface area (Å²) in [5, 5.41) is 5.70. The van der Waals surface area contributed by atoms with Crippen LogP contribution in [0.1, 0.15) is 11.1 Å². The second-order valence-corrected chi connectivity index (χ2v) is 5.58. The molecule has 1 amide bonds. The van der Waals surface area contributed by atoms with Gasteiger partial charge in [0.2, 0.25) is 5.91 Å². The van der Waals surface area contributed by atoms with Gasteiger partial charge >= 0.3 is 0 Å². The summed E-state index contributed by atoms with van der Waals surface area (Å²) in [6.45, 7) is 2.30. The molecule has 114 valence electrons. The Hall–Kier alpha value is -2.33. The third-order valence-electron chi connectivity index (χ3n) is 3.93. The molecule has 2 N–H and O–H groups in total. The van der Waals surface area contributed by atoms with Crippen LogP contribution >= 0.6 is 0 Å². The molecule has 0 atom stereocenters.